The number of carbonyl (C=O) groups is 1. The fourth-order valence-electron chi connectivity index (χ4n) is 2.27. The molecule has 0 bridgehead atoms. The van der Waals surface area contributed by atoms with Crippen LogP contribution in [0.15, 0.2) is 12.7 Å². The van der Waals surface area contributed by atoms with E-state index in [1.165, 1.54) is 0 Å². The van der Waals surface area contributed by atoms with Gasteiger partial charge in [0.05, 0.1) is 0 Å². The van der Waals surface area contributed by atoms with E-state index in [4.69, 9.17) is 16.8 Å². The predicted octanol–water partition coefficient (Wildman–Crippen LogP) is 3.71. The first-order chi connectivity index (χ1) is 9.08. The Hall–Kier alpha value is -0.0425. The van der Waals surface area contributed by atoms with E-state index >= 15 is 0 Å². The Morgan fingerprint density at radius 1 is 0.762 bits per heavy atom. The first-order valence-electron chi connectivity index (χ1n) is 7.03. The fourth-order valence-corrected chi connectivity index (χ4v) is 19.5. The molecule has 0 N–H and O–H groups in total. The average molecular weight is 367 g/mol. The van der Waals surface area contributed by atoms with Gasteiger partial charge in [-0.3, -0.25) is 0 Å². The first-order valence-corrected chi connectivity index (χ1v) is 18.9. The van der Waals surface area contributed by atoms with Crippen LogP contribution in [-0.2, 0) is 21.6 Å². The van der Waals surface area contributed by atoms with Gasteiger partial charge >= 0.3 is 31.7 Å². The van der Waals surface area contributed by atoms with E-state index in [0.717, 1.165) is 6.08 Å². The molecular formula is C12H30O5Si4. The smallest absolute Gasteiger partial charge is 0.386 e. The van der Waals surface area contributed by atoms with Crippen LogP contribution in [0.1, 0.15) is 0 Å². The minimum atomic E-state index is -2.59. The molecule has 0 atom stereocenters. The van der Waals surface area contributed by atoms with E-state index in [-0.39, 0.29) is 0 Å². The molecule has 124 valence electrons. The summed E-state index contributed by atoms with van der Waals surface area (Å²) in [5.41, 5.74) is 0. The van der Waals surface area contributed by atoms with E-state index in [0.29, 0.717) is 0 Å². The maximum atomic E-state index is 11.4. The van der Waals surface area contributed by atoms with Crippen LogP contribution in [0.4, 0.5) is 0 Å². The highest BCUT2D eigenvalue weighted by atomic mass is 28.5. The summed E-state index contributed by atoms with van der Waals surface area (Å²) in [4.78, 5) is 11.4. The third-order valence-corrected chi connectivity index (χ3v) is 15.0. The molecule has 0 saturated heterocycles. The van der Waals surface area contributed by atoms with Gasteiger partial charge in [0, 0.05) is 6.08 Å². The van der Waals surface area contributed by atoms with Crippen LogP contribution in [0.3, 0.4) is 0 Å². The molecule has 0 saturated carbocycles. The Morgan fingerprint density at radius 2 is 1.14 bits per heavy atom. The highest BCUT2D eigenvalue weighted by molar-refractivity contribution is 6.88. The Kier molecular flexibility index (Phi) is 7.01. The van der Waals surface area contributed by atoms with Gasteiger partial charge in [0.1, 0.15) is 0 Å². The Bertz CT molecular complexity index is 388. The quantitative estimate of drug-likeness (QED) is 0.484. The normalized spacial score (nSPS) is 14.0. The fraction of sp³-hybridized carbons (Fsp3) is 0.750. The predicted molar refractivity (Wildman–Crippen MR) is 95.3 cm³/mol. The average Bonchev–Trinajstić information content (AvgIpc) is 2.07. The number of rotatable bonds is 8. The SMILES string of the molecule is C=CC(=O)O[Si](C)(C)O[Si](C)(C)O[Si](C)(C)O[Si](C)(C)C. The van der Waals surface area contributed by atoms with Crippen LogP contribution >= 0.6 is 0 Å². The molecular weight excluding hydrogens is 336 g/mol. The molecule has 0 spiro atoms. The highest BCUT2D eigenvalue weighted by Gasteiger charge is 2.44. The summed E-state index contributed by atoms with van der Waals surface area (Å²) in [6.07, 6.45) is 1.15. The molecule has 0 amide bonds. The highest BCUT2D eigenvalue weighted by Crippen LogP contribution is 2.24. The number of hydrogen-bond acceptors (Lipinski definition) is 5. The van der Waals surface area contributed by atoms with Crippen LogP contribution in [0.5, 0.6) is 0 Å². The Balaban J connectivity index is 4.82. The van der Waals surface area contributed by atoms with E-state index in [1.54, 1.807) is 0 Å². The van der Waals surface area contributed by atoms with Crippen LogP contribution in [0.2, 0.25) is 58.9 Å². The van der Waals surface area contributed by atoms with Crippen molar-refractivity contribution in [2.75, 3.05) is 0 Å². The lowest BCUT2D eigenvalue weighted by Gasteiger charge is -2.39. The summed E-state index contributed by atoms with van der Waals surface area (Å²) in [5, 5.41) is 0. The van der Waals surface area contributed by atoms with Crippen molar-refractivity contribution in [3.63, 3.8) is 0 Å². The standard InChI is InChI=1S/C12H30O5Si4/c1-11-12(13)14-19(5,6)16-21(9,10)17-20(7,8)15-18(2,3)4/h11H,1H2,2-10H3. The molecule has 0 aromatic carbocycles. The van der Waals surface area contributed by atoms with E-state index in [1.807, 2.05) is 39.3 Å². The zero-order chi connectivity index (χ0) is 17.1. The number of carbonyl (C=O) groups excluding carboxylic acids is 1. The van der Waals surface area contributed by atoms with Crippen molar-refractivity contribution < 1.29 is 21.6 Å². The molecule has 0 aliphatic rings. The van der Waals surface area contributed by atoms with Gasteiger partial charge in [-0.2, -0.15) is 0 Å². The van der Waals surface area contributed by atoms with Crippen molar-refractivity contribution in [2.24, 2.45) is 0 Å². The van der Waals surface area contributed by atoms with Crippen LogP contribution in [0.25, 0.3) is 0 Å². The second kappa shape index (κ2) is 7.02. The third kappa shape index (κ3) is 10.3. The molecule has 0 rings (SSSR count). The summed E-state index contributed by atoms with van der Waals surface area (Å²) in [6.45, 7) is 21.5. The van der Waals surface area contributed by atoms with Crippen LogP contribution < -0.4 is 0 Å². The van der Waals surface area contributed by atoms with Gasteiger partial charge in [-0.25, -0.2) is 4.79 Å². The lowest BCUT2D eigenvalue weighted by atomic mass is 10.7. The molecule has 0 aliphatic carbocycles. The summed E-state index contributed by atoms with van der Waals surface area (Å²) >= 11 is 0. The van der Waals surface area contributed by atoms with Gasteiger partial charge in [0.15, 0.2) is 8.32 Å². The van der Waals surface area contributed by atoms with Gasteiger partial charge in [0.25, 0.3) is 0 Å². The van der Waals surface area contributed by atoms with Gasteiger partial charge in [-0.1, -0.05) is 6.58 Å². The topological polar surface area (TPSA) is 54.0 Å². The lowest BCUT2D eigenvalue weighted by Crippen LogP contribution is -2.56. The molecule has 0 heterocycles. The molecule has 0 aromatic heterocycles. The molecule has 0 aliphatic heterocycles. The van der Waals surface area contributed by atoms with Crippen molar-refractivity contribution in [2.45, 2.75) is 58.9 Å². The van der Waals surface area contributed by atoms with Gasteiger partial charge < -0.3 is 16.8 Å². The molecule has 0 radical (unpaired) electrons. The van der Waals surface area contributed by atoms with Gasteiger partial charge in [-0.05, 0) is 58.9 Å². The zero-order valence-electron chi connectivity index (χ0n) is 14.8. The maximum absolute atomic E-state index is 11.4. The zero-order valence-corrected chi connectivity index (χ0v) is 18.8. The van der Waals surface area contributed by atoms with Gasteiger partial charge in [-0.15, -0.1) is 0 Å². The van der Waals surface area contributed by atoms with Crippen molar-refractivity contribution in [1.29, 1.82) is 0 Å². The molecule has 5 nitrogen and oxygen atoms in total. The molecule has 9 heteroatoms. The second-order valence-corrected chi connectivity index (χ2v) is 22.5. The minimum absolute atomic E-state index is 0.452. The van der Waals surface area contributed by atoms with Gasteiger partial charge in [0.2, 0.25) is 0 Å². The maximum Gasteiger partial charge on any atom is 0.386 e. The van der Waals surface area contributed by atoms with Crippen molar-refractivity contribution in [3.05, 3.63) is 12.7 Å². The van der Waals surface area contributed by atoms with Crippen molar-refractivity contribution in [1.82, 2.24) is 0 Å². The summed E-state index contributed by atoms with van der Waals surface area (Å²) in [5.74, 6) is -0.452. The molecule has 0 unspecified atom stereocenters. The lowest BCUT2D eigenvalue weighted by molar-refractivity contribution is -0.130. The Labute approximate surface area is 133 Å². The third-order valence-electron chi connectivity index (χ3n) is 2.05. The van der Waals surface area contributed by atoms with Crippen molar-refractivity contribution >= 4 is 40.0 Å². The largest absolute Gasteiger partial charge is 0.492 e. The summed E-state index contributed by atoms with van der Waals surface area (Å²) < 4.78 is 23.8. The molecule has 21 heavy (non-hydrogen) atoms. The first kappa shape index (κ1) is 21.0. The van der Waals surface area contributed by atoms with E-state index in [9.17, 15) is 4.79 Å². The van der Waals surface area contributed by atoms with E-state index in [2.05, 4.69) is 26.2 Å². The molecule has 0 aromatic rings. The van der Waals surface area contributed by atoms with Crippen LogP contribution in [-0.4, -0.2) is 40.0 Å². The summed E-state index contributed by atoms with van der Waals surface area (Å²) in [7, 11) is -8.96. The van der Waals surface area contributed by atoms with E-state index < -0.39 is 40.0 Å². The van der Waals surface area contributed by atoms with Crippen LogP contribution in [0, 0.1) is 0 Å². The van der Waals surface area contributed by atoms with Crippen molar-refractivity contribution in [3.8, 4) is 0 Å². The summed E-state index contributed by atoms with van der Waals surface area (Å²) in [6, 6.07) is 0. The second-order valence-electron chi connectivity index (χ2n) is 7.24. The minimum Gasteiger partial charge on any atom is -0.492 e. The number of hydrogen-bond donors (Lipinski definition) is 0. The molecule has 0 fully saturated rings. The monoisotopic (exact) mass is 366 g/mol. The Morgan fingerprint density at radius 3 is 1.52 bits per heavy atom.